The molecule has 0 aliphatic carbocycles. The highest BCUT2D eigenvalue weighted by Crippen LogP contribution is 2.22. The maximum absolute atomic E-state index is 11.6. The molecule has 0 radical (unpaired) electrons. The fourth-order valence-electron chi connectivity index (χ4n) is 1.58. The average molecular weight is 217 g/mol. The second-order valence-corrected chi connectivity index (χ2v) is 3.40. The summed E-state index contributed by atoms with van der Waals surface area (Å²) in [5.41, 5.74) is 0.712. The molecule has 0 fully saturated rings. The van der Waals surface area contributed by atoms with E-state index >= 15 is 0 Å². The van der Waals surface area contributed by atoms with Crippen LogP contribution in [-0.2, 0) is 14.3 Å². The molecule has 1 heterocycles. The highest BCUT2D eigenvalue weighted by atomic mass is 16.6. The Morgan fingerprint density at radius 3 is 2.62 bits per heavy atom. The molecular weight excluding hydrogens is 206 g/mol. The van der Waals surface area contributed by atoms with Gasteiger partial charge in [-0.05, 0) is 18.2 Å². The number of anilines is 1. The van der Waals surface area contributed by atoms with Crippen molar-refractivity contribution in [3.8, 4) is 0 Å². The van der Waals surface area contributed by atoms with Crippen molar-refractivity contribution in [3.63, 3.8) is 0 Å². The van der Waals surface area contributed by atoms with Crippen LogP contribution in [0.4, 0.5) is 5.69 Å². The molecule has 0 N–H and O–H groups in total. The first-order chi connectivity index (χ1) is 7.68. The van der Waals surface area contributed by atoms with Gasteiger partial charge in [-0.2, -0.15) is 0 Å². The van der Waals surface area contributed by atoms with Crippen LogP contribution in [0.5, 0.6) is 0 Å². The first kappa shape index (κ1) is 10.4. The van der Waals surface area contributed by atoms with Gasteiger partial charge in [-0.3, -0.25) is 14.5 Å². The Morgan fingerprint density at radius 1 is 1.31 bits per heavy atom. The summed E-state index contributed by atoms with van der Waals surface area (Å²) in [7, 11) is 0. The van der Waals surface area contributed by atoms with Crippen LogP contribution in [0.3, 0.4) is 0 Å². The first-order valence-electron chi connectivity index (χ1n) is 4.92. The van der Waals surface area contributed by atoms with Gasteiger partial charge in [0.2, 0.25) is 6.23 Å². The number of esters is 1. The highest BCUT2D eigenvalue weighted by Gasteiger charge is 2.29. The Morgan fingerprint density at radius 2 is 2.00 bits per heavy atom. The Kier molecular flexibility index (Phi) is 2.72. The fraction of sp³-hybridized carbons (Fsp3) is 0.167. The third-order valence-electron chi connectivity index (χ3n) is 2.22. The third kappa shape index (κ3) is 1.95. The Bertz CT molecular complexity index is 439. The van der Waals surface area contributed by atoms with Crippen LogP contribution < -0.4 is 4.90 Å². The lowest BCUT2D eigenvalue weighted by atomic mass is 10.3. The van der Waals surface area contributed by atoms with Gasteiger partial charge in [-0.25, -0.2) is 0 Å². The smallest absolute Gasteiger partial charge is 0.304 e. The van der Waals surface area contributed by atoms with Crippen molar-refractivity contribution in [1.29, 1.82) is 0 Å². The number of benzene rings is 1. The van der Waals surface area contributed by atoms with Crippen molar-refractivity contribution >= 4 is 17.6 Å². The molecule has 1 amide bonds. The van der Waals surface area contributed by atoms with Gasteiger partial charge in [0.25, 0.3) is 5.91 Å². The minimum absolute atomic E-state index is 0.183. The van der Waals surface area contributed by atoms with E-state index in [1.165, 1.54) is 17.9 Å². The highest BCUT2D eigenvalue weighted by molar-refractivity contribution is 6.04. The molecule has 82 valence electrons. The average Bonchev–Trinajstić information content (AvgIpc) is 2.60. The van der Waals surface area contributed by atoms with Gasteiger partial charge in [-0.1, -0.05) is 18.2 Å². The van der Waals surface area contributed by atoms with Crippen molar-refractivity contribution < 1.29 is 14.3 Å². The second-order valence-electron chi connectivity index (χ2n) is 3.40. The van der Waals surface area contributed by atoms with Crippen molar-refractivity contribution in [3.05, 3.63) is 42.5 Å². The van der Waals surface area contributed by atoms with Crippen LogP contribution in [0.15, 0.2) is 42.5 Å². The Labute approximate surface area is 93.1 Å². The molecule has 1 aliphatic rings. The standard InChI is InChI=1S/C12H11NO3/c1-9(14)16-12-8-7-11(15)13(12)10-5-3-2-4-6-10/h2-8,12H,1H3/t12-/m0/s1. The van der Waals surface area contributed by atoms with E-state index in [0.717, 1.165) is 0 Å². The summed E-state index contributed by atoms with van der Waals surface area (Å²) >= 11 is 0. The van der Waals surface area contributed by atoms with Crippen LogP contribution in [0, 0.1) is 0 Å². The molecular formula is C12H11NO3. The predicted molar refractivity (Wildman–Crippen MR) is 58.6 cm³/mol. The minimum Gasteiger partial charge on any atom is -0.438 e. The molecule has 16 heavy (non-hydrogen) atoms. The monoisotopic (exact) mass is 217 g/mol. The number of nitrogens with zero attached hydrogens (tertiary/aromatic N) is 1. The molecule has 1 aliphatic heterocycles. The quantitative estimate of drug-likeness (QED) is 0.705. The lowest BCUT2D eigenvalue weighted by Crippen LogP contribution is -2.36. The summed E-state index contributed by atoms with van der Waals surface area (Å²) in [6, 6.07) is 9.10. The van der Waals surface area contributed by atoms with Crippen molar-refractivity contribution in [2.75, 3.05) is 4.90 Å². The van der Waals surface area contributed by atoms with Gasteiger partial charge in [0.05, 0.1) is 0 Å². The predicted octanol–water partition coefficient (Wildman–Crippen LogP) is 1.48. The zero-order valence-corrected chi connectivity index (χ0v) is 8.79. The summed E-state index contributed by atoms with van der Waals surface area (Å²) in [6.07, 6.45) is 2.34. The molecule has 4 nitrogen and oxygen atoms in total. The SMILES string of the molecule is CC(=O)O[C@H]1C=CC(=O)N1c1ccccc1. The summed E-state index contributed by atoms with van der Waals surface area (Å²) in [5.74, 6) is -0.595. The van der Waals surface area contributed by atoms with E-state index in [1.807, 2.05) is 18.2 Å². The Balaban J connectivity index is 2.25. The molecule has 4 heteroatoms. The van der Waals surface area contributed by atoms with E-state index in [0.29, 0.717) is 5.69 Å². The van der Waals surface area contributed by atoms with Crippen molar-refractivity contribution in [2.24, 2.45) is 0 Å². The van der Waals surface area contributed by atoms with E-state index in [-0.39, 0.29) is 5.91 Å². The maximum atomic E-state index is 11.6. The van der Waals surface area contributed by atoms with Crippen LogP contribution >= 0.6 is 0 Å². The topological polar surface area (TPSA) is 46.6 Å². The van der Waals surface area contributed by atoms with Gasteiger partial charge in [-0.15, -0.1) is 0 Å². The van der Waals surface area contributed by atoms with Crippen LogP contribution in [0.25, 0.3) is 0 Å². The molecule has 1 atom stereocenters. The normalized spacial score (nSPS) is 18.9. The van der Waals surface area contributed by atoms with Gasteiger partial charge >= 0.3 is 5.97 Å². The minimum atomic E-state index is -0.632. The Hall–Kier alpha value is -2.10. The zero-order chi connectivity index (χ0) is 11.5. The molecule has 1 aromatic rings. The van der Waals surface area contributed by atoms with Crippen molar-refractivity contribution in [1.82, 2.24) is 0 Å². The van der Waals surface area contributed by atoms with E-state index in [4.69, 9.17) is 4.74 Å². The fourth-order valence-corrected chi connectivity index (χ4v) is 1.58. The van der Waals surface area contributed by atoms with Gasteiger partial charge in [0.1, 0.15) is 0 Å². The number of hydrogen-bond donors (Lipinski definition) is 0. The van der Waals surface area contributed by atoms with E-state index < -0.39 is 12.2 Å². The molecule has 0 saturated carbocycles. The number of rotatable bonds is 2. The van der Waals surface area contributed by atoms with Crippen LogP contribution in [-0.4, -0.2) is 18.1 Å². The number of carbonyl (C=O) groups excluding carboxylic acids is 2. The first-order valence-corrected chi connectivity index (χ1v) is 4.92. The zero-order valence-electron chi connectivity index (χ0n) is 8.79. The van der Waals surface area contributed by atoms with Crippen LogP contribution in [0.1, 0.15) is 6.92 Å². The van der Waals surface area contributed by atoms with E-state index in [1.54, 1.807) is 18.2 Å². The molecule has 0 aromatic heterocycles. The summed E-state index contributed by atoms with van der Waals surface area (Å²) in [6.45, 7) is 1.32. The van der Waals surface area contributed by atoms with Crippen molar-refractivity contribution in [2.45, 2.75) is 13.2 Å². The third-order valence-corrected chi connectivity index (χ3v) is 2.22. The molecule has 2 rings (SSSR count). The molecule has 0 spiro atoms. The largest absolute Gasteiger partial charge is 0.438 e. The lowest BCUT2D eigenvalue weighted by Gasteiger charge is -2.23. The number of amides is 1. The van der Waals surface area contributed by atoms with E-state index in [2.05, 4.69) is 0 Å². The molecule has 0 saturated heterocycles. The van der Waals surface area contributed by atoms with Gasteiger partial charge in [0, 0.05) is 18.7 Å². The number of ether oxygens (including phenoxy) is 1. The van der Waals surface area contributed by atoms with Gasteiger partial charge < -0.3 is 4.74 Å². The van der Waals surface area contributed by atoms with E-state index in [9.17, 15) is 9.59 Å². The number of hydrogen-bond acceptors (Lipinski definition) is 3. The van der Waals surface area contributed by atoms with Gasteiger partial charge in [0.15, 0.2) is 0 Å². The van der Waals surface area contributed by atoms with Crippen LogP contribution in [0.2, 0.25) is 0 Å². The number of carbonyl (C=O) groups is 2. The summed E-state index contributed by atoms with van der Waals surface area (Å²) in [5, 5.41) is 0. The summed E-state index contributed by atoms with van der Waals surface area (Å²) < 4.78 is 5.03. The number of para-hydroxylation sites is 1. The summed E-state index contributed by atoms with van der Waals surface area (Å²) in [4.78, 5) is 23.9. The lowest BCUT2D eigenvalue weighted by molar-refractivity contribution is -0.144. The second kappa shape index (κ2) is 4.18. The molecule has 0 unspecified atom stereocenters. The maximum Gasteiger partial charge on any atom is 0.304 e. The molecule has 0 bridgehead atoms. The molecule has 1 aromatic carbocycles.